The molecule has 1 radical (unpaired) electrons. The molecule has 0 unspecified atom stereocenters. The third-order valence-corrected chi connectivity index (χ3v) is 3.96. The predicted octanol–water partition coefficient (Wildman–Crippen LogP) is 3.99. The van der Waals surface area contributed by atoms with E-state index >= 15 is 0 Å². The van der Waals surface area contributed by atoms with Crippen molar-refractivity contribution in [2.75, 3.05) is 6.61 Å². The summed E-state index contributed by atoms with van der Waals surface area (Å²) in [5.41, 5.74) is 1.46. The Labute approximate surface area is 168 Å². The van der Waals surface area contributed by atoms with Crippen LogP contribution < -0.4 is 10.3 Å². The van der Waals surface area contributed by atoms with Crippen molar-refractivity contribution in [3.8, 4) is 17.0 Å². The van der Waals surface area contributed by atoms with E-state index in [4.69, 9.17) is 16.3 Å². The Hall–Kier alpha value is 0.0939. The van der Waals surface area contributed by atoms with Crippen LogP contribution in [-0.2, 0) is 39.3 Å². The van der Waals surface area contributed by atoms with Gasteiger partial charge in [-0.05, 0) is 34.6 Å². The molecular weight excluding hydrogens is 477 g/mol. The van der Waals surface area contributed by atoms with Gasteiger partial charge in [0.25, 0.3) is 0 Å². The number of rotatable bonds is 4. The van der Waals surface area contributed by atoms with Gasteiger partial charge in [-0.3, -0.25) is 4.79 Å². The first kappa shape index (κ1) is 19.1. The zero-order chi connectivity index (χ0) is 14.7. The van der Waals surface area contributed by atoms with Crippen molar-refractivity contribution in [3.63, 3.8) is 0 Å². The maximum Gasteiger partial charge on any atom is 0.207 e. The maximum absolute atomic E-state index is 12.1. The minimum Gasteiger partial charge on any atom is -0.494 e. The van der Waals surface area contributed by atoms with Crippen LogP contribution in [0.4, 0.5) is 0 Å². The summed E-state index contributed by atoms with van der Waals surface area (Å²) in [7, 11) is 0. The molecule has 0 aliphatic rings. The van der Waals surface area contributed by atoms with E-state index in [-0.39, 0.29) is 38.3 Å². The molecule has 0 saturated heterocycles. The van der Waals surface area contributed by atoms with Crippen LogP contribution in [0, 0.1) is 9.64 Å². The van der Waals surface area contributed by atoms with Gasteiger partial charge in [0.1, 0.15) is 5.75 Å². The van der Waals surface area contributed by atoms with Gasteiger partial charge in [0, 0.05) is 39.3 Å². The second-order valence-corrected chi connectivity index (χ2v) is 5.68. The quantitative estimate of drug-likeness (QED) is 0.479. The number of hydrogen-bond acceptors (Lipinski definition) is 2. The fourth-order valence-corrected chi connectivity index (χ4v) is 2.68. The molecule has 3 nitrogen and oxygen atoms in total. The van der Waals surface area contributed by atoms with Crippen LogP contribution in [0.15, 0.2) is 29.1 Å². The summed E-state index contributed by atoms with van der Waals surface area (Å²) >= 11 is 8.32. The van der Waals surface area contributed by atoms with Gasteiger partial charge in [-0.1, -0.05) is 22.9 Å². The molecule has 1 heterocycles. The van der Waals surface area contributed by atoms with Crippen LogP contribution >= 0.6 is 34.2 Å². The Morgan fingerprint density at radius 3 is 2.67 bits per heavy atom. The van der Waals surface area contributed by atoms with Gasteiger partial charge < -0.3 is 9.30 Å². The SMILES string of the molecule is CCOc1ccc(-c2[c-]cc(I)c(=O)n2CC)c(Cl)c1.[Y]. The first-order valence-corrected chi connectivity index (χ1v) is 7.77. The fraction of sp³-hybridized carbons (Fsp3) is 0.267. The topological polar surface area (TPSA) is 31.2 Å². The smallest absolute Gasteiger partial charge is 0.207 e. The summed E-state index contributed by atoms with van der Waals surface area (Å²) in [6.45, 7) is 5.01. The molecule has 2 aromatic rings. The van der Waals surface area contributed by atoms with Crippen molar-refractivity contribution in [1.29, 1.82) is 0 Å². The van der Waals surface area contributed by atoms with E-state index in [0.717, 1.165) is 11.3 Å². The van der Waals surface area contributed by atoms with Gasteiger partial charge >= 0.3 is 0 Å². The first-order valence-electron chi connectivity index (χ1n) is 6.32. The van der Waals surface area contributed by atoms with E-state index in [1.807, 2.05) is 48.6 Å². The van der Waals surface area contributed by atoms with Gasteiger partial charge in [0.15, 0.2) is 0 Å². The summed E-state index contributed by atoms with van der Waals surface area (Å²) in [5.74, 6) is 0.720. The summed E-state index contributed by atoms with van der Waals surface area (Å²) in [5, 5.41) is 0.551. The Balaban J connectivity index is 0.00000220. The molecule has 0 aliphatic heterocycles. The molecule has 0 fully saturated rings. The van der Waals surface area contributed by atoms with Gasteiger partial charge in [0.05, 0.1) is 6.61 Å². The third kappa shape index (κ3) is 4.30. The van der Waals surface area contributed by atoms with Crippen LogP contribution in [0.3, 0.4) is 0 Å². The molecule has 21 heavy (non-hydrogen) atoms. The molecule has 0 spiro atoms. The Morgan fingerprint density at radius 2 is 2.10 bits per heavy atom. The second kappa shape index (κ2) is 8.65. The normalized spacial score (nSPS) is 10.1. The molecule has 1 aromatic heterocycles. The van der Waals surface area contributed by atoms with Gasteiger partial charge in [-0.25, -0.2) is 0 Å². The monoisotopic (exact) mass is 491 g/mol. The zero-order valence-electron chi connectivity index (χ0n) is 11.8. The number of benzene rings is 1. The molecule has 0 saturated carbocycles. The summed E-state index contributed by atoms with van der Waals surface area (Å²) < 4.78 is 7.73. The van der Waals surface area contributed by atoms with E-state index in [2.05, 4.69) is 6.07 Å². The molecule has 0 amide bonds. The summed E-state index contributed by atoms with van der Waals surface area (Å²) in [6, 6.07) is 10.3. The molecule has 0 bridgehead atoms. The minimum atomic E-state index is -0.0215. The van der Waals surface area contributed by atoms with Crippen molar-refractivity contribution in [2.24, 2.45) is 0 Å². The first-order chi connectivity index (χ1) is 9.58. The summed E-state index contributed by atoms with van der Waals surface area (Å²) in [6.07, 6.45) is 0. The van der Waals surface area contributed by atoms with Crippen molar-refractivity contribution >= 4 is 34.2 Å². The van der Waals surface area contributed by atoms with Crippen LogP contribution in [0.25, 0.3) is 11.3 Å². The number of ether oxygens (including phenoxy) is 1. The van der Waals surface area contributed by atoms with E-state index in [0.29, 0.717) is 27.4 Å². The standard InChI is InChI=1S/C15H14ClINO2.Y/c1-3-18-14(8-7-13(17)15(18)19)11-6-5-10(20-4-2)9-12(11)16;/h5-7,9H,3-4H2,1-2H3;/q-1;. The van der Waals surface area contributed by atoms with E-state index < -0.39 is 0 Å². The Bertz CT molecular complexity index is 688. The molecule has 109 valence electrons. The van der Waals surface area contributed by atoms with Gasteiger partial charge in [-0.2, -0.15) is 12.1 Å². The Kier molecular flexibility index (Phi) is 7.89. The Morgan fingerprint density at radius 1 is 1.38 bits per heavy atom. The zero-order valence-corrected chi connectivity index (χ0v) is 17.6. The average Bonchev–Trinajstić information content (AvgIpc) is 2.43. The third-order valence-electron chi connectivity index (χ3n) is 2.88. The molecule has 6 heteroatoms. The molecule has 2 rings (SSSR count). The van der Waals surface area contributed by atoms with E-state index in [1.54, 1.807) is 16.7 Å². The van der Waals surface area contributed by atoms with Crippen molar-refractivity contribution in [2.45, 2.75) is 20.4 Å². The van der Waals surface area contributed by atoms with E-state index in [1.165, 1.54) is 0 Å². The van der Waals surface area contributed by atoms with E-state index in [9.17, 15) is 4.79 Å². The number of aromatic nitrogens is 1. The molecule has 0 atom stereocenters. The molecule has 0 N–H and O–H groups in total. The van der Waals surface area contributed by atoms with Crippen LogP contribution in [0.1, 0.15) is 13.8 Å². The largest absolute Gasteiger partial charge is 0.494 e. The van der Waals surface area contributed by atoms with Crippen LogP contribution in [0.2, 0.25) is 5.02 Å². The second-order valence-electron chi connectivity index (χ2n) is 4.11. The van der Waals surface area contributed by atoms with Gasteiger partial charge in [0.2, 0.25) is 5.56 Å². The number of halogens is 2. The molecular formula is C15H14ClINO2Y-. The number of hydrogen-bond donors (Lipinski definition) is 0. The van der Waals surface area contributed by atoms with Crippen molar-refractivity contribution in [3.05, 3.63) is 49.3 Å². The number of pyridine rings is 1. The van der Waals surface area contributed by atoms with Crippen molar-refractivity contribution in [1.82, 2.24) is 4.57 Å². The molecule has 0 aliphatic carbocycles. The molecule has 1 aromatic carbocycles. The summed E-state index contributed by atoms with van der Waals surface area (Å²) in [4.78, 5) is 12.1. The average molecular weight is 492 g/mol. The van der Waals surface area contributed by atoms with Crippen molar-refractivity contribution < 1.29 is 37.4 Å². The number of nitrogens with zero attached hydrogens (tertiary/aromatic N) is 1. The maximum atomic E-state index is 12.1. The minimum absolute atomic E-state index is 0. The van der Waals surface area contributed by atoms with Crippen LogP contribution in [-0.4, -0.2) is 11.2 Å². The van der Waals surface area contributed by atoms with Crippen LogP contribution in [0.5, 0.6) is 5.75 Å². The fourth-order valence-electron chi connectivity index (χ4n) is 1.97. The predicted molar refractivity (Wildman–Crippen MR) is 89.5 cm³/mol. The van der Waals surface area contributed by atoms with Gasteiger partial charge in [-0.15, -0.1) is 28.7 Å².